The molecule has 14 heavy (non-hydrogen) atoms. The third-order valence-electron chi connectivity index (χ3n) is 2.27. The number of nitrogens with zero attached hydrogens (tertiary/aromatic N) is 2. The number of anilines is 1. The molecule has 3 N–H and O–H groups in total. The molecule has 1 aromatic heterocycles. The molecule has 0 aliphatic heterocycles. The highest BCUT2D eigenvalue weighted by molar-refractivity contribution is 5.73. The monoisotopic (exact) mass is 197 g/mol. The van der Waals surface area contributed by atoms with Crippen LogP contribution in [0.5, 0.6) is 0 Å². The molecule has 0 radical (unpaired) electrons. The molecule has 1 rings (SSSR count). The Morgan fingerprint density at radius 3 is 2.64 bits per heavy atom. The molecule has 0 unspecified atom stereocenters. The van der Waals surface area contributed by atoms with Crippen LogP contribution in [0.1, 0.15) is 19.5 Å². The van der Waals surface area contributed by atoms with E-state index in [4.69, 9.17) is 10.8 Å². The molecule has 1 heterocycles. The fourth-order valence-corrected chi connectivity index (χ4v) is 1.06. The molecule has 5 heteroatoms. The Labute approximate surface area is 82.5 Å². The summed E-state index contributed by atoms with van der Waals surface area (Å²) in [7, 11) is 0. The second kappa shape index (κ2) is 3.32. The van der Waals surface area contributed by atoms with Gasteiger partial charge in [0.1, 0.15) is 0 Å². The molecule has 0 saturated carbocycles. The fraction of sp³-hybridized carbons (Fsp3) is 0.556. The van der Waals surface area contributed by atoms with Gasteiger partial charge in [-0.3, -0.25) is 9.48 Å². The van der Waals surface area contributed by atoms with Crippen LogP contribution in [0.3, 0.4) is 0 Å². The van der Waals surface area contributed by atoms with E-state index >= 15 is 0 Å². The first-order valence-corrected chi connectivity index (χ1v) is 4.36. The highest BCUT2D eigenvalue weighted by Crippen LogP contribution is 2.20. The Morgan fingerprint density at radius 2 is 2.29 bits per heavy atom. The molecule has 0 bridgehead atoms. The van der Waals surface area contributed by atoms with Gasteiger partial charge in [0.2, 0.25) is 0 Å². The Balaban J connectivity index is 2.89. The predicted octanol–water partition coefficient (Wildman–Crippen LogP) is 0.885. The summed E-state index contributed by atoms with van der Waals surface area (Å²) in [6.07, 6.45) is 1.53. The largest absolute Gasteiger partial charge is 0.481 e. The van der Waals surface area contributed by atoms with E-state index in [1.54, 1.807) is 18.5 Å². The van der Waals surface area contributed by atoms with E-state index in [2.05, 4.69) is 5.10 Å². The summed E-state index contributed by atoms with van der Waals surface area (Å²) < 4.78 is 1.61. The smallest absolute Gasteiger partial charge is 0.310 e. The van der Waals surface area contributed by atoms with E-state index < -0.39 is 11.4 Å². The number of carboxylic acids is 1. The summed E-state index contributed by atoms with van der Waals surface area (Å²) in [4.78, 5) is 10.9. The van der Waals surface area contributed by atoms with Crippen molar-refractivity contribution in [2.45, 2.75) is 27.3 Å². The predicted molar refractivity (Wildman–Crippen MR) is 52.8 cm³/mol. The van der Waals surface area contributed by atoms with Crippen molar-refractivity contribution < 1.29 is 9.90 Å². The lowest BCUT2D eigenvalue weighted by atomic mass is 9.94. The Bertz CT molecular complexity index is 355. The molecule has 0 amide bonds. The maximum atomic E-state index is 10.9. The number of nitrogens with two attached hydrogens (primary N) is 1. The number of hydrogen-bond donors (Lipinski definition) is 2. The summed E-state index contributed by atoms with van der Waals surface area (Å²) in [6, 6.07) is 0. The molecule has 1 aromatic rings. The van der Waals surface area contributed by atoms with Crippen molar-refractivity contribution in [2.24, 2.45) is 5.41 Å². The number of hydrogen-bond acceptors (Lipinski definition) is 3. The van der Waals surface area contributed by atoms with Crippen LogP contribution in [-0.2, 0) is 11.3 Å². The molecule has 0 saturated heterocycles. The number of aromatic nitrogens is 2. The van der Waals surface area contributed by atoms with E-state index in [9.17, 15) is 4.79 Å². The van der Waals surface area contributed by atoms with Crippen LogP contribution < -0.4 is 5.73 Å². The number of carboxylic acid groups (broad SMARTS) is 1. The van der Waals surface area contributed by atoms with Gasteiger partial charge < -0.3 is 10.8 Å². The zero-order valence-electron chi connectivity index (χ0n) is 8.61. The maximum absolute atomic E-state index is 10.9. The van der Waals surface area contributed by atoms with E-state index in [1.165, 1.54) is 6.20 Å². The van der Waals surface area contributed by atoms with Crippen LogP contribution in [0.2, 0.25) is 0 Å². The van der Waals surface area contributed by atoms with E-state index in [0.29, 0.717) is 12.2 Å². The molecule has 0 spiro atoms. The van der Waals surface area contributed by atoms with Crippen LogP contribution in [0.15, 0.2) is 6.20 Å². The Hall–Kier alpha value is -1.52. The molecule has 0 aliphatic rings. The van der Waals surface area contributed by atoms with Gasteiger partial charge in [0, 0.05) is 0 Å². The molecular formula is C9H15N3O2. The minimum absolute atomic E-state index is 0.325. The average Bonchev–Trinajstić information content (AvgIpc) is 2.35. The van der Waals surface area contributed by atoms with Crippen LogP contribution in [0.4, 0.5) is 5.69 Å². The molecule has 0 atom stereocenters. The van der Waals surface area contributed by atoms with Gasteiger partial charge >= 0.3 is 5.97 Å². The van der Waals surface area contributed by atoms with Crippen molar-refractivity contribution in [3.05, 3.63) is 11.9 Å². The van der Waals surface area contributed by atoms with Gasteiger partial charge in [-0.2, -0.15) is 5.10 Å². The van der Waals surface area contributed by atoms with Crippen molar-refractivity contribution in [3.63, 3.8) is 0 Å². The van der Waals surface area contributed by atoms with Crippen molar-refractivity contribution in [1.29, 1.82) is 0 Å². The Kier molecular flexibility index (Phi) is 2.51. The zero-order valence-corrected chi connectivity index (χ0v) is 8.61. The first-order chi connectivity index (χ1) is 6.34. The summed E-state index contributed by atoms with van der Waals surface area (Å²) in [5.41, 5.74) is 6.17. The molecule has 78 valence electrons. The van der Waals surface area contributed by atoms with E-state index in [-0.39, 0.29) is 0 Å². The first-order valence-electron chi connectivity index (χ1n) is 4.36. The highest BCUT2D eigenvalue weighted by Gasteiger charge is 2.28. The van der Waals surface area contributed by atoms with Gasteiger partial charge in [-0.1, -0.05) is 0 Å². The standard InChI is InChI=1S/C9H15N3O2/c1-6-7(10)4-11-12(6)5-9(2,3)8(13)14/h4H,5,10H2,1-3H3,(H,13,14). The van der Waals surface area contributed by atoms with E-state index in [0.717, 1.165) is 5.69 Å². The number of carbonyl (C=O) groups is 1. The van der Waals surface area contributed by atoms with Crippen LogP contribution in [-0.4, -0.2) is 20.9 Å². The first kappa shape index (κ1) is 10.6. The molecule has 0 fully saturated rings. The molecule has 0 aliphatic carbocycles. The average molecular weight is 197 g/mol. The second-order valence-corrected chi connectivity index (χ2v) is 4.03. The summed E-state index contributed by atoms with van der Waals surface area (Å²) in [6.45, 7) is 5.46. The summed E-state index contributed by atoms with van der Waals surface area (Å²) in [5.74, 6) is -0.842. The lowest BCUT2D eigenvalue weighted by molar-refractivity contribution is -0.147. The quantitative estimate of drug-likeness (QED) is 0.753. The fourth-order valence-electron chi connectivity index (χ4n) is 1.06. The minimum Gasteiger partial charge on any atom is -0.481 e. The van der Waals surface area contributed by atoms with Gasteiger partial charge in [-0.05, 0) is 20.8 Å². The van der Waals surface area contributed by atoms with E-state index in [1.807, 2.05) is 6.92 Å². The molecule has 0 aromatic carbocycles. The second-order valence-electron chi connectivity index (χ2n) is 4.03. The zero-order chi connectivity index (χ0) is 10.9. The van der Waals surface area contributed by atoms with Crippen LogP contribution >= 0.6 is 0 Å². The maximum Gasteiger partial charge on any atom is 0.310 e. The lowest BCUT2D eigenvalue weighted by Crippen LogP contribution is -2.30. The Morgan fingerprint density at radius 1 is 1.71 bits per heavy atom. The molecule has 5 nitrogen and oxygen atoms in total. The van der Waals surface area contributed by atoms with Crippen LogP contribution in [0, 0.1) is 12.3 Å². The normalized spacial score (nSPS) is 11.6. The number of aliphatic carboxylic acids is 1. The highest BCUT2D eigenvalue weighted by atomic mass is 16.4. The van der Waals surface area contributed by atoms with Crippen molar-refractivity contribution >= 4 is 11.7 Å². The van der Waals surface area contributed by atoms with Gasteiger partial charge in [0.05, 0.1) is 29.5 Å². The van der Waals surface area contributed by atoms with Crippen molar-refractivity contribution in [1.82, 2.24) is 9.78 Å². The number of rotatable bonds is 3. The minimum atomic E-state index is -0.842. The molecular weight excluding hydrogens is 182 g/mol. The lowest BCUT2D eigenvalue weighted by Gasteiger charge is -2.19. The third-order valence-corrected chi connectivity index (χ3v) is 2.27. The number of nitrogen functional groups attached to an aromatic ring is 1. The van der Waals surface area contributed by atoms with Crippen molar-refractivity contribution in [3.8, 4) is 0 Å². The topological polar surface area (TPSA) is 81.1 Å². The van der Waals surface area contributed by atoms with Crippen LogP contribution in [0.25, 0.3) is 0 Å². The summed E-state index contributed by atoms with van der Waals surface area (Å²) >= 11 is 0. The summed E-state index contributed by atoms with van der Waals surface area (Å²) in [5, 5.41) is 12.9. The third kappa shape index (κ3) is 1.86. The SMILES string of the molecule is Cc1c(N)cnn1CC(C)(C)C(=O)O. The van der Waals surface area contributed by atoms with Gasteiger partial charge in [0.25, 0.3) is 0 Å². The van der Waals surface area contributed by atoms with Gasteiger partial charge in [0.15, 0.2) is 0 Å². The van der Waals surface area contributed by atoms with Gasteiger partial charge in [-0.25, -0.2) is 0 Å². The van der Waals surface area contributed by atoms with Crippen molar-refractivity contribution in [2.75, 3.05) is 5.73 Å². The van der Waals surface area contributed by atoms with Gasteiger partial charge in [-0.15, -0.1) is 0 Å².